The second-order valence-corrected chi connectivity index (χ2v) is 5.20. The van der Waals surface area contributed by atoms with E-state index in [1.54, 1.807) is 59.9 Å². The molecule has 1 aromatic heterocycles. The number of ketones is 1. The van der Waals surface area contributed by atoms with E-state index in [2.05, 4.69) is 4.98 Å². The highest BCUT2D eigenvalue weighted by Gasteiger charge is 2.12. The van der Waals surface area contributed by atoms with E-state index in [0.29, 0.717) is 10.5 Å². The standard InChI is InChI=1S/C13H13N2O2S/c1-18(17)12-4-2-3-11(9-12)13(16)10-15-7-5-14-6-8-15/h2-9H,10H2,1H3/q+1. The maximum absolute atomic E-state index is 12.0. The number of rotatable bonds is 4. The number of Topliss-reactive ketones (excluding diaryl/α,β-unsaturated/α-hetero) is 1. The predicted octanol–water partition coefficient (Wildman–Crippen LogP) is 0.989. The number of carbonyl (C=O) groups is 1. The van der Waals surface area contributed by atoms with Crippen molar-refractivity contribution in [1.82, 2.24) is 4.98 Å². The summed E-state index contributed by atoms with van der Waals surface area (Å²) in [6, 6.07) is 6.92. The van der Waals surface area contributed by atoms with Gasteiger partial charge in [0.2, 0.25) is 12.3 Å². The molecule has 0 radical (unpaired) electrons. The fraction of sp³-hybridized carbons (Fsp3) is 0.154. The van der Waals surface area contributed by atoms with E-state index in [4.69, 9.17) is 0 Å². The number of benzene rings is 1. The molecule has 0 N–H and O–H groups in total. The second-order valence-electron chi connectivity index (χ2n) is 3.82. The number of hydrogen-bond donors (Lipinski definition) is 0. The van der Waals surface area contributed by atoms with Crippen LogP contribution in [0.2, 0.25) is 0 Å². The van der Waals surface area contributed by atoms with Crippen molar-refractivity contribution >= 4 is 16.6 Å². The number of carbonyl (C=O) groups excluding carboxylic acids is 1. The highest BCUT2D eigenvalue weighted by Crippen LogP contribution is 2.09. The molecule has 0 amide bonds. The van der Waals surface area contributed by atoms with Gasteiger partial charge >= 0.3 is 0 Å². The summed E-state index contributed by atoms with van der Waals surface area (Å²) in [4.78, 5) is 16.6. The summed E-state index contributed by atoms with van der Waals surface area (Å²) in [7, 11) is -1.07. The van der Waals surface area contributed by atoms with Crippen molar-refractivity contribution in [2.24, 2.45) is 0 Å². The quantitative estimate of drug-likeness (QED) is 0.609. The van der Waals surface area contributed by atoms with E-state index in [0.717, 1.165) is 0 Å². The van der Waals surface area contributed by atoms with Crippen LogP contribution >= 0.6 is 0 Å². The first-order valence-corrected chi connectivity index (χ1v) is 6.98. The highest BCUT2D eigenvalue weighted by atomic mass is 32.2. The molecule has 2 aromatic rings. The summed E-state index contributed by atoms with van der Waals surface area (Å²) < 4.78 is 13.1. The minimum atomic E-state index is -1.07. The Balaban J connectivity index is 2.19. The van der Waals surface area contributed by atoms with Crippen molar-refractivity contribution in [1.29, 1.82) is 0 Å². The maximum atomic E-state index is 12.0. The first-order chi connectivity index (χ1) is 8.66. The fourth-order valence-corrected chi connectivity index (χ4v) is 2.12. The van der Waals surface area contributed by atoms with E-state index in [9.17, 15) is 9.00 Å². The van der Waals surface area contributed by atoms with Gasteiger partial charge in [-0.25, -0.2) is 0 Å². The molecule has 0 fully saturated rings. The van der Waals surface area contributed by atoms with Crippen LogP contribution in [-0.2, 0) is 17.3 Å². The molecule has 4 nitrogen and oxygen atoms in total. The molecule has 0 spiro atoms. The van der Waals surface area contributed by atoms with Crippen LogP contribution in [0.4, 0.5) is 0 Å². The van der Waals surface area contributed by atoms with Crippen molar-refractivity contribution in [3.05, 3.63) is 54.6 Å². The average Bonchev–Trinajstić information content (AvgIpc) is 2.40. The van der Waals surface area contributed by atoms with Gasteiger partial charge in [-0.05, 0) is 12.1 Å². The minimum Gasteiger partial charge on any atom is -0.287 e. The zero-order valence-corrected chi connectivity index (χ0v) is 10.8. The van der Waals surface area contributed by atoms with Gasteiger partial charge in [-0.2, -0.15) is 4.57 Å². The van der Waals surface area contributed by atoms with Gasteiger partial charge < -0.3 is 0 Å². The zero-order chi connectivity index (χ0) is 13.0. The van der Waals surface area contributed by atoms with Gasteiger partial charge in [-0.15, -0.1) is 0 Å². The molecule has 1 heterocycles. The summed E-state index contributed by atoms with van der Waals surface area (Å²) >= 11 is 0. The second kappa shape index (κ2) is 5.64. The molecule has 18 heavy (non-hydrogen) atoms. The lowest BCUT2D eigenvalue weighted by atomic mass is 10.1. The van der Waals surface area contributed by atoms with Crippen molar-refractivity contribution in [2.75, 3.05) is 6.26 Å². The molecule has 1 unspecified atom stereocenters. The molecular weight excluding hydrogens is 248 g/mol. The molecule has 0 bridgehead atoms. The molecular formula is C13H13N2O2S+. The van der Waals surface area contributed by atoms with E-state index in [-0.39, 0.29) is 12.3 Å². The minimum absolute atomic E-state index is 0.0153. The first-order valence-electron chi connectivity index (χ1n) is 5.42. The van der Waals surface area contributed by atoms with Gasteiger partial charge in [-0.3, -0.25) is 14.0 Å². The largest absolute Gasteiger partial charge is 0.287 e. The van der Waals surface area contributed by atoms with Crippen LogP contribution in [-0.4, -0.2) is 21.2 Å². The summed E-state index contributed by atoms with van der Waals surface area (Å²) in [5.74, 6) is -0.0153. The van der Waals surface area contributed by atoms with Crippen molar-refractivity contribution < 1.29 is 13.6 Å². The van der Waals surface area contributed by atoms with E-state index in [1.165, 1.54) is 0 Å². The van der Waals surface area contributed by atoms with Crippen LogP contribution < -0.4 is 4.57 Å². The monoisotopic (exact) mass is 261 g/mol. The molecule has 0 saturated heterocycles. The summed E-state index contributed by atoms with van der Waals surface area (Å²) in [6.45, 7) is 0.252. The van der Waals surface area contributed by atoms with Crippen LogP contribution in [0, 0.1) is 0 Å². The lowest BCUT2D eigenvalue weighted by Crippen LogP contribution is -2.37. The summed E-state index contributed by atoms with van der Waals surface area (Å²) in [5.41, 5.74) is 0.576. The first kappa shape index (κ1) is 12.6. The molecule has 2 rings (SSSR count). The Morgan fingerprint density at radius 2 is 2.06 bits per heavy atom. The normalized spacial score (nSPS) is 12.1. The summed E-state index contributed by atoms with van der Waals surface area (Å²) in [5, 5.41) is 0. The van der Waals surface area contributed by atoms with Gasteiger partial charge in [0.1, 0.15) is 0 Å². The summed E-state index contributed by atoms with van der Waals surface area (Å²) in [6.07, 6.45) is 8.33. The van der Waals surface area contributed by atoms with Crippen LogP contribution in [0.3, 0.4) is 0 Å². The smallest absolute Gasteiger partial charge is 0.227 e. The lowest BCUT2D eigenvalue weighted by Gasteiger charge is -2.00. The SMILES string of the molecule is CS(=O)c1cccc(C(=O)C[n+]2ccncc2)c1. The molecule has 1 atom stereocenters. The number of hydrogen-bond acceptors (Lipinski definition) is 3. The van der Waals surface area contributed by atoms with Crippen LogP contribution in [0.1, 0.15) is 10.4 Å². The Morgan fingerprint density at radius 1 is 1.33 bits per heavy atom. The molecule has 0 aliphatic heterocycles. The molecule has 0 aliphatic carbocycles. The molecule has 0 aliphatic rings. The van der Waals surface area contributed by atoms with Gasteiger partial charge in [0.05, 0.1) is 12.4 Å². The Morgan fingerprint density at radius 3 is 2.72 bits per heavy atom. The van der Waals surface area contributed by atoms with Gasteiger partial charge in [0.15, 0.2) is 12.4 Å². The predicted molar refractivity (Wildman–Crippen MR) is 67.5 cm³/mol. The lowest BCUT2D eigenvalue weighted by molar-refractivity contribution is -0.683. The third-order valence-electron chi connectivity index (χ3n) is 2.50. The third kappa shape index (κ3) is 3.07. The Hall–Kier alpha value is -1.88. The third-order valence-corrected chi connectivity index (χ3v) is 3.42. The number of aromatic nitrogens is 2. The van der Waals surface area contributed by atoms with Crippen LogP contribution in [0.5, 0.6) is 0 Å². The highest BCUT2D eigenvalue weighted by molar-refractivity contribution is 7.84. The Kier molecular flexibility index (Phi) is 3.94. The van der Waals surface area contributed by atoms with E-state index in [1.807, 2.05) is 0 Å². The van der Waals surface area contributed by atoms with Gasteiger partial charge in [0, 0.05) is 27.5 Å². The molecule has 0 saturated carbocycles. The van der Waals surface area contributed by atoms with Crippen LogP contribution in [0.15, 0.2) is 53.9 Å². The zero-order valence-electron chi connectivity index (χ0n) is 9.95. The number of nitrogens with zero attached hydrogens (tertiary/aromatic N) is 2. The van der Waals surface area contributed by atoms with Gasteiger partial charge in [0.25, 0.3) is 0 Å². The van der Waals surface area contributed by atoms with Gasteiger partial charge in [-0.1, -0.05) is 12.1 Å². The average molecular weight is 261 g/mol. The van der Waals surface area contributed by atoms with Crippen molar-refractivity contribution in [2.45, 2.75) is 11.4 Å². The van der Waals surface area contributed by atoms with E-state index < -0.39 is 10.8 Å². The molecule has 1 aromatic carbocycles. The van der Waals surface area contributed by atoms with Crippen LogP contribution in [0.25, 0.3) is 0 Å². The van der Waals surface area contributed by atoms with Crippen molar-refractivity contribution in [3.8, 4) is 0 Å². The fourth-order valence-electron chi connectivity index (χ4n) is 1.56. The topological polar surface area (TPSA) is 50.9 Å². The maximum Gasteiger partial charge on any atom is 0.227 e. The molecule has 5 heteroatoms. The van der Waals surface area contributed by atoms with Crippen molar-refractivity contribution in [3.63, 3.8) is 0 Å². The van der Waals surface area contributed by atoms with E-state index >= 15 is 0 Å². The Bertz CT molecular complexity index is 585. The molecule has 92 valence electrons. The Labute approximate surface area is 108 Å².